The summed E-state index contributed by atoms with van der Waals surface area (Å²) in [5.74, 6) is -0.0215. The molecule has 30 heavy (non-hydrogen) atoms. The zero-order valence-electron chi connectivity index (χ0n) is 16.9. The van der Waals surface area contributed by atoms with Crippen LogP contribution in [0.1, 0.15) is 11.1 Å². The van der Waals surface area contributed by atoms with Crippen LogP contribution in [0.3, 0.4) is 0 Å². The minimum absolute atomic E-state index is 0.0420. The molecule has 1 heterocycles. The molecule has 6 nitrogen and oxygen atoms in total. The lowest BCUT2D eigenvalue weighted by atomic mass is 10.1. The second-order valence-corrected chi connectivity index (χ2v) is 7.63. The molecule has 0 aromatic heterocycles. The second-order valence-electron chi connectivity index (χ2n) is 7.20. The number of methoxy groups -OCH3 is 1. The van der Waals surface area contributed by atoms with Gasteiger partial charge in [-0.2, -0.15) is 0 Å². The number of nitrogens with one attached hydrogen (secondary N) is 1. The van der Waals surface area contributed by atoms with Crippen LogP contribution in [0.25, 0.3) is 0 Å². The third kappa shape index (κ3) is 6.18. The Kier molecular flexibility index (Phi) is 7.65. The molecule has 0 unspecified atom stereocenters. The molecule has 0 aliphatic carbocycles. The van der Waals surface area contributed by atoms with E-state index in [9.17, 15) is 14.0 Å². The van der Waals surface area contributed by atoms with Crippen LogP contribution < -0.4 is 10.1 Å². The standard InChI is InChI=1S/C22H25ClFN3O3/c1-30-20-6-5-18(23)13-17(20)15-26-7-9-27(10-8-26)22(29)14-25-21(28)12-16-3-2-4-19(24)11-16/h2-6,11,13H,7-10,12,14-15H2,1H3,(H,25,28). The summed E-state index contributed by atoms with van der Waals surface area (Å²) in [5, 5.41) is 3.28. The molecule has 2 aromatic rings. The Morgan fingerprint density at radius 1 is 1.13 bits per heavy atom. The summed E-state index contributed by atoms with van der Waals surface area (Å²) in [7, 11) is 1.63. The highest BCUT2D eigenvalue weighted by Gasteiger charge is 2.22. The lowest BCUT2D eigenvalue weighted by Gasteiger charge is -2.35. The summed E-state index contributed by atoms with van der Waals surface area (Å²) in [6.45, 7) is 3.24. The Balaban J connectivity index is 1.43. The van der Waals surface area contributed by atoms with Gasteiger partial charge in [-0.05, 0) is 35.9 Å². The Labute approximate surface area is 180 Å². The van der Waals surface area contributed by atoms with E-state index in [0.717, 1.165) is 24.4 Å². The average Bonchev–Trinajstić information content (AvgIpc) is 2.73. The van der Waals surface area contributed by atoms with Crippen molar-refractivity contribution in [2.75, 3.05) is 39.8 Å². The van der Waals surface area contributed by atoms with Crippen molar-refractivity contribution < 1.29 is 18.7 Å². The average molecular weight is 434 g/mol. The number of carbonyl (C=O) groups is 2. The van der Waals surface area contributed by atoms with Gasteiger partial charge in [0.15, 0.2) is 0 Å². The molecule has 0 spiro atoms. The molecule has 2 aromatic carbocycles. The minimum atomic E-state index is -0.385. The molecule has 1 N–H and O–H groups in total. The highest BCUT2D eigenvalue weighted by Crippen LogP contribution is 2.24. The Morgan fingerprint density at radius 2 is 1.90 bits per heavy atom. The fourth-order valence-corrected chi connectivity index (χ4v) is 3.64. The summed E-state index contributed by atoms with van der Waals surface area (Å²) >= 11 is 6.10. The summed E-state index contributed by atoms with van der Waals surface area (Å²) in [5.41, 5.74) is 1.58. The number of benzene rings is 2. The van der Waals surface area contributed by atoms with Crippen LogP contribution in [0.5, 0.6) is 5.75 Å². The minimum Gasteiger partial charge on any atom is -0.496 e. The van der Waals surface area contributed by atoms with Crippen LogP contribution in [0, 0.1) is 5.82 Å². The van der Waals surface area contributed by atoms with Gasteiger partial charge in [0.1, 0.15) is 11.6 Å². The zero-order valence-corrected chi connectivity index (χ0v) is 17.6. The highest BCUT2D eigenvalue weighted by atomic mass is 35.5. The third-order valence-electron chi connectivity index (χ3n) is 5.05. The molecule has 0 atom stereocenters. The molecule has 1 fully saturated rings. The van der Waals surface area contributed by atoms with E-state index in [1.54, 1.807) is 30.2 Å². The molecule has 1 aliphatic heterocycles. The van der Waals surface area contributed by atoms with E-state index in [-0.39, 0.29) is 30.6 Å². The van der Waals surface area contributed by atoms with Crippen molar-refractivity contribution in [2.45, 2.75) is 13.0 Å². The first-order chi connectivity index (χ1) is 14.4. The van der Waals surface area contributed by atoms with Gasteiger partial charge in [-0.25, -0.2) is 4.39 Å². The first-order valence-electron chi connectivity index (χ1n) is 9.78. The van der Waals surface area contributed by atoms with Crippen molar-refractivity contribution in [2.24, 2.45) is 0 Å². The van der Waals surface area contributed by atoms with Gasteiger partial charge in [-0.15, -0.1) is 0 Å². The van der Waals surface area contributed by atoms with Crippen LogP contribution >= 0.6 is 11.6 Å². The van der Waals surface area contributed by atoms with Crippen molar-refractivity contribution in [3.8, 4) is 5.75 Å². The predicted octanol–water partition coefficient (Wildman–Crippen LogP) is 2.49. The van der Waals surface area contributed by atoms with Crippen molar-refractivity contribution in [1.29, 1.82) is 0 Å². The van der Waals surface area contributed by atoms with E-state index in [1.807, 2.05) is 12.1 Å². The van der Waals surface area contributed by atoms with Gasteiger partial charge in [0, 0.05) is 43.3 Å². The summed E-state index contributed by atoms with van der Waals surface area (Å²) in [4.78, 5) is 28.4. The molecule has 160 valence electrons. The monoisotopic (exact) mass is 433 g/mol. The van der Waals surface area contributed by atoms with E-state index in [2.05, 4.69) is 10.2 Å². The lowest BCUT2D eigenvalue weighted by Crippen LogP contribution is -2.51. The smallest absolute Gasteiger partial charge is 0.242 e. The Bertz CT molecular complexity index is 901. The fourth-order valence-electron chi connectivity index (χ4n) is 3.45. The third-order valence-corrected chi connectivity index (χ3v) is 5.29. The molecular formula is C22H25ClFN3O3. The van der Waals surface area contributed by atoms with Gasteiger partial charge in [-0.3, -0.25) is 14.5 Å². The predicted molar refractivity (Wildman–Crippen MR) is 113 cm³/mol. The number of carbonyl (C=O) groups excluding carboxylic acids is 2. The molecule has 0 bridgehead atoms. The number of piperazine rings is 1. The molecule has 1 saturated heterocycles. The molecule has 0 radical (unpaired) electrons. The highest BCUT2D eigenvalue weighted by molar-refractivity contribution is 6.30. The first-order valence-corrected chi connectivity index (χ1v) is 10.2. The number of hydrogen-bond donors (Lipinski definition) is 1. The van der Waals surface area contributed by atoms with E-state index < -0.39 is 0 Å². The quantitative estimate of drug-likeness (QED) is 0.728. The van der Waals surface area contributed by atoms with E-state index in [4.69, 9.17) is 16.3 Å². The van der Waals surface area contributed by atoms with Crippen molar-refractivity contribution in [1.82, 2.24) is 15.1 Å². The number of ether oxygens (including phenoxy) is 1. The van der Waals surface area contributed by atoms with Gasteiger partial charge in [0.2, 0.25) is 11.8 Å². The van der Waals surface area contributed by atoms with Crippen LogP contribution in [0.15, 0.2) is 42.5 Å². The number of hydrogen-bond acceptors (Lipinski definition) is 4. The fraction of sp³-hybridized carbons (Fsp3) is 0.364. The maximum Gasteiger partial charge on any atom is 0.242 e. The largest absolute Gasteiger partial charge is 0.496 e. The molecule has 1 aliphatic rings. The molecule has 3 rings (SSSR count). The molecular weight excluding hydrogens is 409 g/mol. The number of halogens is 2. The second kappa shape index (κ2) is 10.4. The zero-order chi connectivity index (χ0) is 21.5. The SMILES string of the molecule is COc1ccc(Cl)cc1CN1CCN(C(=O)CNC(=O)Cc2cccc(F)c2)CC1. The van der Waals surface area contributed by atoms with Gasteiger partial charge in [-0.1, -0.05) is 23.7 Å². The number of amides is 2. The van der Waals surface area contributed by atoms with Gasteiger partial charge in [0.25, 0.3) is 0 Å². The van der Waals surface area contributed by atoms with E-state index in [0.29, 0.717) is 30.2 Å². The Morgan fingerprint density at radius 3 is 2.60 bits per heavy atom. The van der Waals surface area contributed by atoms with Gasteiger partial charge < -0.3 is 15.0 Å². The topological polar surface area (TPSA) is 61.9 Å². The van der Waals surface area contributed by atoms with Crippen molar-refractivity contribution >= 4 is 23.4 Å². The maximum absolute atomic E-state index is 13.2. The van der Waals surface area contributed by atoms with Crippen LogP contribution in [-0.4, -0.2) is 61.4 Å². The van der Waals surface area contributed by atoms with Crippen LogP contribution in [0.4, 0.5) is 4.39 Å². The van der Waals surface area contributed by atoms with E-state index >= 15 is 0 Å². The number of rotatable bonds is 7. The van der Waals surface area contributed by atoms with Gasteiger partial charge >= 0.3 is 0 Å². The molecule has 8 heteroatoms. The van der Waals surface area contributed by atoms with Crippen LogP contribution in [-0.2, 0) is 22.6 Å². The summed E-state index contributed by atoms with van der Waals surface area (Å²) < 4.78 is 18.6. The van der Waals surface area contributed by atoms with Gasteiger partial charge in [0.05, 0.1) is 20.1 Å². The lowest BCUT2D eigenvalue weighted by molar-refractivity contribution is -0.134. The van der Waals surface area contributed by atoms with E-state index in [1.165, 1.54) is 12.1 Å². The summed E-state index contributed by atoms with van der Waals surface area (Å²) in [6.07, 6.45) is 0.0420. The number of nitrogens with zero attached hydrogens (tertiary/aromatic N) is 2. The van der Waals surface area contributed by atoms with Crippen LogP contribution in [0.2, 0.25) is 5.02 Å². The van der Waals surface area contributed by atoms with Crippen molar-refractivity contribution in [3.63, 3.8) is 0 Å². The van der Waals surface area contributed by atoms with Crippen molar-refractivity contribution in [3.05, 3.63) is 64.4 Å². The maximum atomic E-state index is 13.2. The Hall–Kier alpha value is -2.64. The first kappa shape index (κ1) is 22.1. The summed E-state index contributed by atoms with van der Waals surface area (Å²) in [6, 6.07) is 11.4. The molecule has 0 saturated carbocycles. The molecule has 2 amide bonds. The normalized spacial score (nSPS) is 14.4.